The van der Waals surface area contributed by atoms with Crippen LogP contribution in [0.4, 0.5) is 0 Å². The molecule has 0 amide bonds. The summed E-state index contributed by atoms with van der Waals surface area (Å²) >= 11 is 3.65. The molecule has 1 heterocycles. The Hall–Kier alpha value is -3.60. The van der Waals surface area contributed by atoms with Gasteiger partial charge in [0.05, 0.1) is 0 Å². The Bertz CT molecular complexity index is 1780. The summed E-state index contributed by atoms with van der Waals surface area (Å²) in [6.07, 6.45) is 3.13. The smallest absolute Gasteiger partial charge is 0.330 e. The number of carbonyl (C=O) groups is 1. The predicted octanol–water partition coefficient (Wildman–Crippen LogP) is 8.97. The van der Waals surface area contributed by atoms with Gasteiger partial charge in [-0.1, -0.05) is 79.4 Å². The maximum absolute atomic E-state index is 11.3. The Morgan fingerprint density at radius 1 is 0.811 bits per heavy atom. The minimum atomic E-state index is -0.370. The van der Waals surface area contributed by atoms with Crippen LogP contribution in [0.3, 0.4) is 0 Å². The van der Waals surface area contributed by atoms with Crippen LogP contribution in [0.1, 0.15) is 11.1 Å². The normalized spacial score (nSPS) is 11.5. The Balaban J connectivity index is 1.38. The van der Waals surface area contributed by atoms with Crippen LogP contribution in [0.2, 0.25) is 0 Å². The summed E-state index contributed by atoms with van der Waals surface area (Å²) in [7, 11) is 0. The van der Waals surface area contributed by atoms with Gasteiger partial charge in [-0.2, -0.15) is 0 Å². The van der Waals surface area contributed by atoms with Crippen molar-refractivity contribution in [3.05, 3.63) is 115 Å². The molecule has 1 aromatic heterocycles. The van der Waals surface area contributed by atoms with E-state index in [0.29, 0.717) is 6.61 Å². The lowest BCUT2D eigenvalue weighted by molar-refractivity contribution is -0.137. The second kappa shape index (κ2) is 10.4. The number of hydrogen-bond acceptors (Lipinski definition) is 4. The van der Waals surface area contributed by atoms with Crippen molar-refractivity contribution in [1.82, 2.24) is 0 Å². The van der Waals surface area contributed by atoms with Crippen LogP contribution in [0.15, 0.2) is 109 Å². The van der Waals surface area contributed by atoms with E-state index >= 15 is 0 Å². The van der Waals surface area contributed by atoms with Crippen molar-refractivity contribution in [2.45, 2.75) is 17.7 Å². The van der Waals surface area contributed by atoms with Crippen LogP contribution in [-0.2, 0) is 22.4 Å². The van der Waals surface area contributed by atoms with E-state index in [1.54, 1.807) is 11.8 Å². The van der Waals surface area contributed by atoms with Gasteiger partial charge in [-0.3, -0.25) is 0 Å². The number of aryl methyl sites for hydroxylation is 2. The van der Waals surface area contributed by atoms with Crippen molar-refractivity contribution in [2.75, 3.05) is 12.4 Å². The SMILES string of the molecule is C=CC(=O)OCCSc1ccccc1CCc1cc2ccccc2c2c1sc1ccc3ccccc3c12. The molecule has 0 aliphatic heterocycles. The lowest BCUT2D eigenvalue weighted by Gasteiger charge is -2.11. The topological polar surface area (TPSA) is 26.3 Å². The highest BCUT2D eigenvalue weighted by Gasteiger charge is 2.16. The van der Waals surface area contributed by atoms with Gasteiger partial charge in [0.1, 0.15) is 6.61 Å². The average molecular weight is 519 g/mol. The van der Waals surface area contributed by atoms with Crippen LogP contribution < -0.4 is 0 Å². The van der Waals surface area contributed by atoms with E-state index in [1.807, 2.05) is 11.3 Å². The average Bonchev–Trinajstić information content (AvgIpc) is 3.35. The first kappa shape index (κ1) is 23.8. The van der Waals surface area contributed by atoms with Crippen molar-refractivity contribution >= 4 is 70.8 Å². The molecule has 182 valence electrons. The maximum atomic E-state index is 11.3. The van der Waals surface area contributed by atoms with Crippen LogP contribution >= 0.6 is 23.1 Å². The van der Waals surface area contributed by atoms with Gasteiger partial charge in [0.15, 0.2) is 0 Å². The number of esters is 1. The highest BCUT2D eigenvalue weighted by atomic mass is 32.2. The van der Waals surface area contributed by atoms with Gasteiger partial charge < -0.3 is 4.74 Å². The molecule has 0 fully saturated rings. The van der Waals surface area contributed by atoms with E-state index in [-0.39, 0.29) is 5.97 Å². The molecule has 37 heavy (non-hydrogen) atoms. The lowest BCUT2D eigenvalue weighted by atomic mass is 9.95. The van der Waals surface area contributed by atoms with Crippen molar-refractivity contribution < 1.29 is 9.53 Å². The molecule has 0 radical (unpaired) electrons. The first-order valence-corrected chi connectivity index (χ1v) is 14.3. The van der Waals surface area contributed by atoms with E-state index < -0.39 is 0 Å². The molecule has 0 aliphatic carbocycles. The number of hydrogen-bond donors (Lipinski definition) is 0. The standard InChI is InChI=1S/C33H26O2S2/c1-2-30(34)35-19-20-36-28-14-8-5-10-23(28)15-16-25-21-24-11-4-7-13-27(24)32-31-26-12-6-3-9-22(26)17-18-29(31)37-33(25)32/h2-14,17-18,21H,1,15-16,19-20H2. The predicted molar refractivity (Wildman–Crippen MR) is 160 cm³/mol. The Morgan fingerprint density at radius 2 is 1.51 bits per heavy atom. The van der Waals surface area contributed by atoms with Crippen LogP contribution in [0.25, 0.3) is 41.7 Å². The number of carbonyl (C=O) groups excluding carboxylic acids is 1. The molecular weight excluding hydrogens is 492 g/mol. The quantitative estimate of drug-likeness (QED) is 0.0870. The van der Waals surface area contributed by atoms with E-state index in [4.69, 9.17) is 4.74 Å². The molecule has 2 nitrogen and oxygen atoms in total. The maximum Gasteiger partial charge on any atom is 0.330 e. The second-order valence-corrected chi connectivity index (χ2v) is 11.2. The fourth-order valence-electron chi connectivity index (χ4n) is 5.11. The van der Waals surface area contributed by atoms with Gasteiger partial charge in [0.25, 0.3) is 0 Å². The summed E-state index contributed by atoms with van der Waals surface area (Å²) in [6, 6.07) is 33.0. The monoisotopic (exact) mass is 518 g/mol. The zero-order chi connectivity index (χ0) is 25.2. The van der Waals surface area contributed by atoms with Crippen LogP contribution in [0.5, 0.6) is 0 Å². The van der Waals surface area contributed by atoms with E-state index in [1.165, 1.54) is 63.8 Å². The molecule has 6 aromatic rings. The number of rotatable bonds is 8. The van der Waals surface area contributed by atoms with Gasteiger partial charge in [0.2, 0.25) is 0 Å². The molecule has 5 aromatic carbocycles. The highest BCUT2D eigenvalue weighted by molar-refractivity contribution is 7.99. The summed E-state index contributed by atoms with van der Waals surface area (Å²) in [5.74, 6) is 0.352. The number of thioether (sulfide) groups is 1. The third-order valence-electron chi connectivity index (χ3n) is 6.82. The summed E-state index contributed by atoms with van der Waals surface area (Å²) in [5, 5.41) is 8.00. The van der Waals surface area contributed by atoms with E-state index in [9.17, 15) is 4.79 Å². The minimum absolute atomic E-state index is 0.370. The minimum Gasteiger partial charge on any atom is -0.462 e. The van der Waals surface area contributed by atoms with Crippen molar-refractivity contribution in [3.8, 4) is 0 Å². The summed E-state index contributed by atoms with van der Waals surface area (Å²) in [6.45, 7) is 3.83. The molecule has 0 saturated heterocycles. The molecule has 0 spiro atoms. The zero-order valence-corrected chi connectivity index (χ0v) is 22.0. The molecule has 0 saturated carbocycles. The fraction of sp³-hybridized carbons (Fsp3) is 0.121. The van der Waals surface area contributed by atoms with Gasteiger partial charge in [-0.15, -0.1) is 23.1 Å². The van der Waals surface area contributed by atoms with E-state index in [0.717, 1.165) is 18.6 Å². The first-order chi connectivity index (χ1) is 18.2. The molecule has 0 aliphatic rings. The molecule has 4 heteroatoms. The molecule has 0 N–H and O–H groups in total. The molecule has 0 unspecified atom stereocenters. The summed E-state index contributed by atoms with van der Waals surface area (Å²) in [4.78, 5) is 12.6. The van der Waals surface area contributed by atoms with Crippen molar-refractivity contribution in [1.29, 1.82) is 0 Å². The molecule has 0 bridgehead atoms. The number of ether oxygens (including phenoxy) is 1. The third kappa shape index (κ3) is 4.63. The highest BCUT2D eigenvalue weighted by Crippen LogP contribution is 2.44. The summed E-state index contributed by atoms with van der Waals surface area (Å²) < 4.78 is 7.89. The van der Waals surface area contributed by atoms with Crippen molar-refractivity contribution in [2.24, 2.45) is 0 Å². The number of thiophene rings is 1. The molecular formula is C33H26O2S2. The third-order valence-corrected chi connectivity index (χ3v) is 9.13. The van der Waals surface area contributed by atoms with Crippen LogP contribution in [0, 0.1) is 0 Å². The molecule has 6 rings (SSSR count). The first-order valence-electron chi connectivity index (χ1n) is 12.5. The molecule has 0 atom stereocenters. The number of benzene rings is 5. The van der Waals surface area contributed by atoms with Crippen molar-refractivity contribution in [3.63, 3.8) is 0 Å². The fourth-order valence-corrected chi connectivity index (χ4v) is 7.31. The second-order valence-electron chi connectivity index (χ2n) is 9.05. The van der Waals surface area contributed by atoms with Gasteiger partial charge in [-0.25, -0.2) is 4.79 Å². The Kier molecular flexibility index (Phi) is 6.69. The lowest BCUT2D eigenvalue weighted by Crippen LogP contribution is -2.04. The van der Waals surface area contributed by atoms with Crippen LogP contribution in [-0.4, -0.2) is 18.3 Å². The van der Waals surface area contributed by atoms with Gasteiger partial charge in [0, 0.05) is 36.9 Å². The van der Waals surface area contributed by atoms with E-state index in [2.05, 4.69) is 97.6 Å². The Labute approximate surface area is 224 Å². The largest absolute Gasteiger partial charge is 0.462 e. The number of fused-ring (bicyclic) bond motifs is 7. The Morgan fingerprint density at radius 3 is 2.35 bits per heavy atom. The van der Waals surface area contributed by atoms with Gasteiger partial charge in [-0.05, 0) is 63.7 Å². The van der Waals surface area contributed by atoms with Gasteiger partial charge >= 0.3 is 5.97 Å². The zero-order valence-electron chi connectivity index (χ0n) is 20.4. The summed E-state index contributed by atoms with van der Waals surface area (Å²) in [5.41, 5.74) is 2.73.